The van der Waals surface area contributed by atoms with Crippen LogP contribution in [0.4, 0.5) is 0 Å². The Bertz CT molecular complexity index is 1190. The van der Waals surface area contributed by atoms with Crippen molar-refractivity contribution in [2.75, 3.05) is 7.11 Å². The van der Waals surface area contributed by atoms with Crippen molar-refractivity contribution in [3.05, 3.63) is 47.5 Å². The fourth-order valence-electron chi connectivity index (χ4n) is 3.26. The van der Waals surface area contributed by atoms with Gasteiger partial charge in [0.25, 0.3) is 0 Å². The third kappa shape index (κ3) is 4.59. The molecule has 3 aromatic rings. The number of carbonyl (C=O) groups is 1. The number of benzene rings is 2. The number of ether oxygens (including phenoxy) is 1. The van der Waals surface area contributed by atoms with E-state index < -0.39 is 21.3 Å². The van der Waals surface area contributed by atoms with E-state index in [1.54, 1.807) is 11.3 Å². The van der Waals surface area contributed by atoms with Crippen LogP contribution in [0.1, 0.15) is 52.2 Å². The molecular formula is C24H27NO3S2. The van der Waals surface area contributed by atoms with Gasteiger partial charge in [-0.15, -0.1) is 17.3 Å². The van der Waals surface area contributed by atoms with Gasteiger partial charge in [0.1, 0.15) is 0 Å². The van der Waals surface area contributed by atoms with E-state index in [1.165, 1.54) is 11.8 Å². The van der Waals surface area contributed by atoms with Gasteiger partial charge in [-0.25, -0.2) is 8.93 Å². The summed E-state index contributed by atoms with van der Waals surface area (Å²) in [6, 6.07) is 12.4. The zero-order chi connectivity index (χ0) is 22.1. The van der Waals surface area contributed by atoms with E-state index in [9.17, 15) is 9.00 Å². The van der Waals surface area contributed by atoms with Crippen molar-refractivity contribution in [3.8, 4) is 11.8 Å². The Balaban J connectivity index is 2.16. The molecule has 158 valence electrons. The Kier molecular flexibility index (Phi) is 6.37. The van der Waals surface area contributed by atoms with E-state index in [0.29, 0.717) is 0 Å². The maximum absolute atomic E-state index is 12.9. The van der Waals surface area contributed by atoms with Crippen LogP contribution >= 0.6 is 11.3 Å². The Labute approximate surface area is 184 Å². The molecule has 0 saturated carbocycles. The third-order valence-electron chi connectivity index (χ3n) is 4.98. The maximum Gasteiger partial charge on any atom is 0.307 e. The summed E-state index contributed by atoms with van der Waals surface area (Å²) in [5, 5.41) is 2.24. The number of esters is 1. The fourth-order valence-corrected chi connectivity index (χ4v) is 5.23. The second kappa shape index (κ2) is 8.50. The normalized spacial score (nSPS) is 14.7. The molecule has 1 heterocycles. The second-order valence-corrected chi connectivity index (χ2v) is 11.5. The number of fused-ring (bicyclic) bond motifs is 3. The average Bonchev–Trinajstić information content (AvgIpc) is 3.04. The van der Waals surface area contributed by atoms with Crippen molar-refractivity contribution in [3.63, 3.8) is 0 Å². The highest BCUT2D eigenvalue weighted by molar-refractivity contribution is 7.84. The second-order valence-electron chi connectivity index (χ2n) is 8.47. The van der Waals surface area contributed by atoms with Crippen LogP contribution < -0.4 is 4.72 Å². The number of rotatable bonds is 5. The van der Waals surface area contributed by atoms with Gasteiger partial charge in [-0.1, -0.05) is 12.0 Å². The van der Waals surface area contributed by atoms with Crippen LogP contribution in [-0.4, -0.2) is 22.0 Å². The Morgan fingerprint density at radius 2 is 1.73 bits per heavy atom. The van der Waals surface area contributed by atoms with Gasteiger partial charge >= 0.3 is 5.97 Å². The van der Waals surface area contributed by atoms with Crippen molar-refractivity contribution in [1.82, 2.24) is 4.72 Å². The molecule has 0 fully saturated rings. The van der Waals surface area contributed by atoms with Crippen molar-refractivity contribution in [1.29, 1.82) is 0 Å². The zero-order valence-corrected chi connectivity index (χ0v) is 19.8. The summed E-state index contributed by atoms with van der Waals surface area (Å²) in [4.78, 5) is 12.2. The molecule has 3 rings (SSSR count). The van der Waals surface area contributed by atoms with Crippen LogP contribution in [0.5, 0.6) is 0 Å². The molecule has 2 aromatic carbocycles. The minimum absolute atomic E-state index is 0.0749. The molecule has 0 aliphatic rings. The molecule has 0 bridgehead atoms. The van der Waals surface area contributed by atoms with Crippen LogP contribution in [-0.2, 0) is 26.1 Å². The summed E-state index contributed by atoms with van der Waals surface area (Å²) in [5.74, 6) is 5.71. The lowest BCUT2D eigenvalue weighted by molar-refractivity contribution is -0.142. The van der Waals surface area contributed by atoms with Crippen LogP contribution in [0.25, 0.3) is 20.2 Å². The van der Waals surface area contributed by atoms with E-state index >= 15 is 0 Å². The van der Waals surface area contributed by atoms with Gasteiger partial charge in [-0.05, 0) is 70.5 Å². The van der Waals surface area contributed by atoms with Gasteiger partial charge < -0.3 is 4.74 Å². The largest absolute Gasteiger partial charge is 0.469 e. The van der Waals surface area contributed by atoms with Gasteiger partial charge in [-0.3, -0.25) is 4.79 Å². The van der Waals surface area contributed by atoms with Crippen molar-refractivity contribution in [2.24, 2.45) is 0 Å². The number of carbonyl (C=O) groups excluding carboxylic acids is 1. The average molecular weight is 442 g/mol. The molecule has 0 aliphatic heterocycles. The van der Waals surface area contributed by atoms with Crippen molar-refractivity contribution >= 4 is 48.5 Å². The Hall–Kier alpha value is -2.20. The first-order valence-corrected chi connectivity index (χ1v) is 11.7. The SMILES string of the molecule is CC#Cc1ccc2sc3ccc([C@](C)(CC(=O)OC)NS(=O)C(C)(C)C)cc3c2c1. The fraction of sp³-hybridized carbons (Fsp3) is 0.375. The first-order valence-electron chi connectivity index (χ1n) is 9.73. The summed E-state index contributed by atoms with van der Waals surface area (Å²) >= 11 is 1.72. The number of thiophene rings is 1. The van der Waals surface area contributed by atoms with Crippen molar-refractivity contribution < 1.29 is 13.7 Å². The first kappa shape index (κ1) is 22.5. The summed E-state index contributed by atoms with van der Waals surface area (Å²) in [5.41, 5.74) is 1.03. The Morgan fingerprint density at radius 1 is 1.10 bits per heavy atom. The number of methoxy groups -OCH3 is 1. The van der Waals surface area contributed by atoms with Crippen molar-refractivity contribution in [2.45, 2.75) is 51.3 Å². The monoisotopic (exact) mass is 441 g/mol. The summed E-state index contributed by atoms with van der Waals surface area (Å²) in [6.45, 7) is 9.44. The van der Waals surface area contributed by atoms with Gasteiger partial charge in [0, 0.05) is 25.7 Å². The predicted molar refractivity (Wildman–Crippen MR) is 127 cm³/mol. The smallest absolute Gasteiger partial charge is 0.307 e. The zero-order valence-electron chi connectivity index (χ0n) is 18.2. The highest BCUT2D eigenvalue weighted by Gasteiger charge is 2.35. The van der Waals surface area contributed by atoms with Crippen LogP contribution in [0.2, 0.25) is 0 Å². The Morgan fingerprint density at radius 3 is 2.33 bits per heavy atom. The predicted octanol–water partition coefficient (Wildman–Crippen LogP) is 5.26. The quantitative estimate of drug-likeness (QED) is 0.434. The molecule has 0 aliphatic carbocycles. The molecule has 0 spiro atoms. The standard InChI is InChI=1S/C24H27NO3S2/c1-7-8-16-9-11-20-18(13-16)19-14-17(10-12-21(19)29-20)24(5,15-22(26)28-6)25-30(27)23(2,3)4/h9-14,25H,15H2,1-6H3/t24-,30?/m0/s1. The van der Waals surface area contributed by atoms with E-state index in [0.717, 1.165) is 26.6 Å². The van der Waals surface area contributed by atoms with E-state index in [1.807, 2.05) is 46.8 Å². The highest BCUT2D eigenvalue weighted by atomic mass is 32.2. The molecule has 4 nitrogen and oxygen atoms in total. The summed E-state index contributed by atoms with van der Waals surface area (Å²) in [6.07, 6.45) is 0.0749. The molecule has 2 atom stereocenters. The third-order valence-corrected chi connectivity index (χ3v) is 7.88. The molecule has 0 saturated heterocycles. The van der Waals surface area contributed by atoms with E-state index in [2.05, 4.69) is 40.8 Å². The van der Waals surface area contributed by atoms with Gasteiger partial charge in [-0.2, -0.15) is 0 Å². The highest BCUT2D eigenvalue weighted by Crippen LogP contribution is 2.38. The van der Waals surface area contributed by atoms with Crippen LogP contribution in [0.3, 0.4) is 0 Å². The molecule has 6 heteroatoms. The van der Waals surface area contributed by atoms with Gasteiger partial charge in [0.05, 0.1) is 34.8 Å². The summed E-state index contributed by atoms with van der Waals surface area (Å²) in [7, 11) is 0.0137. The van der Waals surface area contributed by atoms with Crippen LogP contribution in [0.15, 0.2) is 36.4 Å². The number of hydrogen-bond donors (Lipinski definition) is 1. The maximum atomic E-state index is 12.9. The number of nitrogens with one attached hydrogen (secondary N) is 1. The van der Waals surface area contributed by atoms with E-state index in [4.69, 9.17) is 4.74 Å². The molecule has 1 aromatic heterocycles. The van der Waals surface area contributed by atoms with E-state index in [-0.39, 0.29) is 12.4 Å². The molecule has 1 unspecified atom stereocenters. The van der Waals surface area contributed by atoms with Crippen LogP contribution in [0, 0.1) is 11.8 Å². The molecule has 0 radical (unpaired) electrons. The first-order chi connectivity index (χ1) is 14.1. The lowest BCUT2D eigenvalue weighted by Crippen LogP contribution is -2.47. The van der Waals surface area contributed by atoms with Gasteiger partial charge in [0.2, 0.25) is 0 Å². The lowest BCUT2D eigenvalue weighted by Gasteiger charge is -2.33. The minimum Gasteiger partial charge on any atom is -0.469 e. The number of hydrogen-bond acceptors (Lipinski definition) is 4. The lowest BCUT2D eigenvalue weighted by atomic mass is 9.89. The summed E-state index contributed by atoms with van der Waals surface area (Å²) < 4.78 is 22.9. The van der Waals surface area contributed by atoms with Gasteiger partial charge in [0.15, 0.2) is 0 Å². The molecule has 0 amide bonds. The topological polar surface area (TPSA) is 55.4 Å². The molecular weight excluding hydrogens is 414 g/mol. The molecule has 1 N–H and O–H groups in total. The minimum atomic E-state index is -1.36. The molecule has 30 heavy (non-hydrogen) atoms.